The maximum atomic E-state index is 6.02. The summed E-state index contributed by atoms with van der Waals surface area (Å²) in [5.41, 5.74) is 4.12. The Morgan fingerprint density at radius 1 is 1.00 bits per heavy atom. The molecule has 0 bridgehead atoms. The molecule has 3 heterocycles. The minimum atomic E-state index is 0.465. The first-order valence-electron chi connectivity index (χ1n) is 8.32. The van der Waals surface area contributed by atoms with Crippen LogP contribution >= 0.6 is 11.6 Å². The molecule has 0 aliphatic carbocycles. The Bertz CT molecular complexity index is 834. The van der Waals surface area contributed by atoms with Gasteiger partial charge in [-0.1, -0.05) is 30.7 Å². The van der Waals surface area contributed by atoms with Crippen LogP contribution in [-0.4, -0.2) is 52.2 Å². The molecule has 2 aromatic heterocycles. The van der Waals surface area contributed by atoms with Gasteiger partial charge < -0.3 is 9.80 Å². The summed E-state index contributed by atoms with van der Waals surface area (Å²) in [6.07, 6.45) is 1.84. The van der Waals surface area contributed by atoms with Gasteiger partial charge in [-0.05, 0) is 30.8 Å². The van der Waals surface area contributed by atoms with Crippen molar-refractivity contribution in [2.45, 2.75) is 6.92 Å². The van der Waals surface area contributed by atoms with Crippen LogP contribution in [0, 0.1) is 0 Å². The lowest BCUT2D eigenvalue weighted by Gasteiger charge is -2.35. The molecule has 0 N–H and O–H groups in total. The highest BCUT2D eigenvalue weighted by atomic mass is 35.5. The van der Waals surface area contributed by atoms with E-state index < -0.39 is 0 Å². The summed E-state index contributed by atoms with van der Waals surface area (Å²) in [5.74, 6) is 0. The molecule has 5 nitrogen and oxygen atoms in total. The number of imidazole rings is 1. The van der Waals surface area contributed by atoms with E-state index in [0.29, 0.717) is 5.15 Å². The fourth-order valence-corrected chi connectivity index (χ4v) is 3.35. The van der Waals surface area contributed by atoms with E-state index in [1.165, 1.54) is 5.69 Å². The van der Waals surface area contributed by atoms with Crippen LogP contribution in [0.5, 0.6) is 0 Å². The van der Waals surface area contributed by atoms with E-state index in [0.717, 1.165) is 49.6 Å². The summed E-state index contributed by atoms with van der Waals surface area (Å²) in [4.78, 5) is 9.32. The summed E-state index contributed by atoms with van der Waals surface area (Å²) in [7, 11) is 0. The number of hydrogen-bond donors (Lipinski definition) is 0. The highest BCUT2D eigenvalue weighted by molar-refractivity contribution is 6.29. The SMILES string of the molecule is CCN1CCN(c2ccc(-c3cnc4ccc(Cl)nn34)cc2)CC1. The standard InChI is InChI=1S/C18H20ClN5/c1-2-22-9-11-23(12-10-22)15-5-3-14(4-6-15)16-13-20-18-8-7-17(19)21-24(16)18/h3-8,13H,2,9-12H2,1H3. The Kier molecular flexibility index (Phi) is 4.12. The van der Waals surface area contributed by atoms with E-state index in [4.69, 9.17) is 11.6 Å². The highest BCUT2D eigenvalue weighted by Crippen LogP contribution is 2.24. The second-order valence-electron chi connectivity index (χ2n) is 6.04. The number of rotatable bonds is 3. The first kappa shape index (κ1) is 15.4. The van der Waals surface area contributed by atoms with Crippen molar-refractivity contribution in [1.82, 2.24) is 19.5 Å². The molecular weight excluding hydrogens is 322 g/mol. The summed E-state index contributed by atoms with van der Waals surface area (Å²) in [6.45, 7) is 7.79. The first-order valence-corrected chi connectivity index (χ1v) is 8.70. The van der Waals surface area contributed by atoms with Crippen LogP contribution in [0.25, 0.3) is 16.9 Å². The minimum Gasteiger partial charge on any atom is -0.369 e. The van der Waals surface area contributed by atoms with Crippen LogP contribution in [0.3, 0.4) is 0 Å². The normalized spacial score (nSPS) is 16.0. The lowest BCUT2D eigenvalue weighted by atomic mass is 10.1. The minimum absolute atomic E-state index is 0.465. The summed E-state index contributed by atoms with van der Waals surface area (Å²) in [6, 6.07) is 12.3. The van der Waals surface area contributed by atoms with E-state index in [9.17, 15) is 0 Å². The Balaban J connectivity index is 1.58. The first-order chi connectivity index (χ1) is 11.7. The maximum Gasteiger partial charge on any atom is 0.154 e. The van der Waals surface area contributed by atoms with Crippen molar-refractivity contribution in [3.63, 3.8) is 0 Å². The van der Waals surface area contributed by atoms with E-state index in [2.05, 4.69) is 51.1 Å². The van der Waals surface area contributed by atoms with Crippen LogP contribution in [0.2, 0.25) is 5.15 Å². The monoisotopic (exact) mass is 341 g/mol. The van der Waals surface area contributed by atoms with Crippen molar-refractivity contribution < 1.29 is 0 Å². The molecule has 0 spiro atoms. The fourth-order valence-electron chi connectivity index (χ4n) is 3.21. The molecule has 1 aliphatic rings. The number of aromatic nitrogens is 3. The molecule has 1 aliphatic heterocycles. The van der Waals surface area contributed by atoms with Crippen molar-refractivity contribution >= 4 is 22.9 Å². The molecule has 24 heavy (non-hydrogen) atoms. The van der Waals surface area contributed by atoms with Crippen LogP contribution in [-0.2, 0) is 0 Å². The fraction of sp³-hybridized carbons (Fsp3) is 0.333. The molecule has 0 saturated carbocycles. The zero-order valence-corrected chi connectivity index (χ0v) is 14.4. The number of fused-ring (bicyclic) bond motifs is 1. The Hall–Kier alpha value is -2.11. The number of likely N-dealkylation sites (N-methyl/N-ethyl adjacent to an activating group) is 1. The molecule has 1 fully saturated rings. The predicted molar refractivity (Wildman–Crippen MR) is 97.8 cm³/mol. The van der Waals surface area contributed by atoms with Crippen molar-refractivity contribution in [2.24, 2.45) is 0 Å². The number of hydrogen-bond acceptors (Lipinski definition) is 4. The van der Waals surface area contributed by atoms with Gasteiger partial charge in [0.1, 0.15) is 5.15 Å². The van der Waals surface area contributed by atoms with Gasteiger partial charge in [0.15, 0.2) is 5.65 Å². The molecule has 1 aromatic carbocycles. The molecule has 1 saturated heterocycles. The zero-order valence-electron chi connectivity index (χ0n) is 13.7. The molecule has 0 radical (unpaired) electrons. The van der Waals surface area contributed by atoms with Crippen molar-refractivity contribution in [1.29, 1.82) is 0 Å². The van der Waals surface area contributed by atoms with E-state index in [1.807, 2.05) is 12.3 Å². The van der Waals surface area contributed by atoms with Crippen LogP contribution in [0.15, 0.2) is 42.6 Å². The van der Waals surface area contributed by atoms with Crippen LogP contribution < -0.4 is 4.90 Å². The van der Waals surface area contributed by atoms with Gasteiger partial charge in [-0.2, -0.15) is 5.10 Å². The number of piperazine rings is 1. The molecule has 4 rings (SSSR count). The van der Waals surface area contributed by atoms with Crippen LogP contribution in [0.4, 0.5) is 5.69 Å². The van der Waals surface area contributed by atoms with Gasteiger partial charge in [-0.3, -0.25) is 0 Å². The Morgan fingerprint density at radius 2 is 1.75 bits per heavy atom. The molecule has 6 heteroatoms. The van der Waals surface area contributed by atoms with Gasteiger partial charge >= 0.3 is 0 Å². The van der Waals surface area contributed by atoms with Gasteiger partial charge in [0, 0.05) is 37.4 Å². The third-order valence-corrected chi connectivity index (χ3v) is 4.88. The van der Waals surface area contributed by atoms with Gasteiger partial charge in [-0.25, -0.2) is 9.50 Å². The summed E-state index contributed by atoms with van der Waals surface area (Å²) < 4.78 is 1.79. The molecular formula is C18H20ClN5. The summed E-state index contributed by atoms with van der Waals surface area (Å²) in [5, 5.41) is 4.81. The van der Waals surface area contributed by atoms with E-state index in [-0.39, 0.29) is 0 Å². The number of halogens is 1. The lowest BCUT2D eigenvalue weighted by molar-refractivity contribution is 0.271. The molecule has 3 aromatic rings. The number of nitrogens with zero attached hydrogens (tertiary/aromatic N) is 5. The highest BCUT2D eigenvalue weighted by Gasteiger charge is 2.16. The Morgan fingerprint density at radius 3 is 2.46 bits per heavy atom. The predicted octanol–water partition coefficient (Wildman–Crippen LogP) is 3.19. The van der Waals surface area contributed by atoms with Gasteiger partial charge in [0.25, 0.3) is 0 Å². The largest absolute Gasteiger partial charge is 0.369 e. The van der Waals surface area contributed by atoms with Crippen molar-refractivity contribution in [2.75, 3.05) is 37.6 Å². The molecule has 0 amide bonds. The van der Waals surface area contributed by atoms with E-state index in [1.54, 1.807) is 10.6 Å². The summed E-state index contributed by atoms with van der Waals surface area (Å²) >= 11 is 6.02. The van der Waals surface area contributed by atoms with E-state index >= 15 is 0 Å². The van der Waals surface area contributed by atoms with Gasteiger partial charge in [-0.15, -0.1) is 0 Å². The maximum absolute atomic E-state index is 6.02. The quantitative estimate of drug-likeness (QED) is 0.733. The average Bonchev–Trinajstić information content (AvgIpc) is 3.05. The topological polar surface area (TPSA) is 36.7 Å². The van der Waals surface area contributed by atoms with Crippen molar-refractivity contribution in [3.8, 4) is 11.3 Å². The molecule has 0 atom stereocenters. The third kappa shape index (κ3) is 2.85. The third-order valence-electron chi connectivity index (χ3n) is 4.68. The number of benzene rings is 1. The smallest absolute Gasteiger partial charge is 0.154 e. The van der Waals surface area contributed by atoms with Gasteiger partial charge in [0.05, 0.1) is 11.9 Å². The van der Waals surface area contributed by atoms with Crippen LogP contribution in [0.1, 0.15) is 6.92 Å². The average molecular weight is 342 g/mol. The molecule has 0 unspecified atom stereocenters. The number of anilines is 1. The van der Waals surface area contributed by atoms with Gasteiger partial charge in [0.2, 0.25) is 0 Å². The van der Waals surface area contributed by atoms with Crippen molar-refractivity contribution in [3.05, 3.63) is 47.7 Å². The molecule has 124 valence electrons. The second kappa shape index (κ2) is 6.42. The zero-order chi connectivity index (χ0) is 16.5. The Labute approximate surface area is 146 Å². The lowest BCUT2D eigenvalue weighted by Crippen LogP contribution is -2.46. The second-order valence-corrected chi connectivity index (χ2v) is 6.42.